The number of ether oxygens (including phenoxy) is 3. The predicted octanol–water partition coefficient (Wildman–Crippen LogP) is 0.00570. The molecular formula is C28H46N4O8. The third kappa shape index (κ3) is 8.11. The van der Waals surface area contributed by atoms with Crippen LogP contribution in [0.3, 0.4) is 0 Å². The van der Waals surface area contributed by atoms with E-state index < -0.39 is 42.7 Å². The number of carbonyl (C=O) groups excluding carboxylic acids is 1. The Morgan fingerprint density at radius 2 is 1.98 bits per heavy atom. The van der Waals surface area contributed by atoms with E-state index >= 15 is 0 Å². The average molecular weight is 567 g/mol. The second-order valence-corrected chi connectivity index (χ2v) is 11.6. The molecule has 3 rings (SSSR count). The average Bonchev–Trinajstić information content (AvgIpc) is 3.30. The van der Waals surface area contributed by atoms with Crippen molar-refractivity contribution < 1.29 is 39.4 Å². The summed E-state index contributed by atoms with van der Waals surface area (Å²) < 4.78 is 17.4. The highest BCUT2D eigenvalue weighted by Crippen LogP contribution is 2.35. The van der Waals surface area contributed by atoms with Crippen molar-refractivity contribution in [1.82, 2.24) is 16.2 Å². The summed E-state index contributed by atoms with van der Waals surface area (Å²) in [6.45, 7) is 11.0. The fraction of sp³-hybridized carbons (Fsp3) is 0.679. The molecule has 3 unspecified atom stereocenters. The Hall–Kier alpha value is -1.87. The van der Waals surface area contributed by atoms with E-state index in [1.807, 2.05) is 39.0 Å². The number of aliphatic hydroxyl groups is 4. The van der Waals surface area contributed by atoms with E-state index in [1.165, 1.54) is 0 Å². The molecule has 1 aromatic carbocycles. The number of benzene rings is 1. The Morgan fingerprint density at radius 1 is 1.25 bits per heavy atom. The van der Waals surface area contributed by atoms with Gasteiger partial charge in [0.1, 0.15) is 30.3 Å². The van der Waals surface area contributed by atoms with Gasteiger partial charge in [0.25, 0.3) is 6.29 Å². The Bertz CT molecular complexity index is 962. The number of hydrogen-bond acceptors (Lipinski definition) is 11. The number of nitrogens with two attached hydrogens (primary N) is 1. The van der Waals surface area contributed by atoms with Crippen LogP contribution >= 0.6 is 0 Å². The molecule has 2 aliphatic heterocycles. The van der Waals surface area contributed by atoms with Gasteiger partial charge in [0.05, 0.1) is 18.6 Å². The molecule has 1 aromatic rings. The number of carbonyl (C=O) groups is 1. The molecule has 2 radical (unpaired) electrons. The van der Waals surface area contributed by atoms with Crippen LogP contribution in [0.15, 0.2) is 18.2 Å². The fourth-order valence-corrected chi connectivity index (χ4v) is 4.81. The first-order chi connectivity index (χ1) is 18.9. The SMILES string of the molecule is Cc1cc(OCCCNCC(C)(C)C(N)=O)ccc1CC1C(O[C]2O[C@H](CO)[C@@H](O)[C](O)[C@H]2O)NNC1C(C)C. The zero-order valence-corrected chi connectivity index (χ0v) is 24.0. The summed E-state index contributed by atoms with van der Waals surface area (Å²) in [6.07, 6.45) is -4.39. The highest BCUT2D eigenvalue weighted by molar-refractivity contribution is 5.80. The summed E-state index contributed by atoms with van der Waals surface area (Å²) in [7, 11) is 0. The number of rotatable bonds is 14. The third-order valence-electron chi connectivity index (χ3n) is 7.58. The third-order valence-corrected chi connectivity index (χ3v) is 7.58. The van der Waals surface area contributed by atoms with E-state index in [2.05, 4.69) is 30.0 Å². The number of hydrazine groups is 1. The van der Waals surface area contributed by atoms with Gasteiger partial charge in [-0.25, -0.2) is 5.43 Å². The van der Waals surface area contributed by atoms with Crippen LogP contribution in [-0.2, 0) is 20.7 Å². The molecule has 9 N–H and O–H groups in total. The van der Waals surface area contributed by atoms with Crippen LogP contribution in [0.1, 0.15) is 45.2 Å². The lowest BCUT2D eigenvalue weighted by Gasteiger charge is -2.39. The molecule has 226 valence electrons. The van der Waals surface area contributed by atoms with E-state index in [0.717, 1.165) is 23.3 Å². The number of aliphatic hydroxyl groups excluding tert-OH is 4. The zero-order valence-electron chi connectivity index (χ0n) is 24.0. The molecule has 0 aliphatic carbocycles. The van der Waals surface area contributed by atoms with Crippen LogP contribution < -0.4 is 26.6 Å². The molecule has 2 aliphatic rings. The normalized spacial score (nSPS) is 28.4. The Balaban J connectivity index is 1.58. The van der Waals surface area contributed by atoms with Gasteiger partial charge in [-0.05, 0) is 69.3 Å². The maximum absolute atomic E-state index is 11.4. The summed E-state index contributed by atoms with van der Waals surface area (Å²) in [5.74, 6) is 0.611. The molecule has 0 saturated carbocycles. The van der Waals surface area contributed by atoms with E-state index in [0.29, 0.717) is 26.1 Å². The molecule has 40 heavy (non-hydrogen) atoms. The van der Waals surface area contributed by atoms with Crippen molar-refractivity contribution >= 4 is 5.91 Å². The topological polar surface area (TPSA) is 188 Å². The summed E-state index contributed by atoms with van der Waals surface area (Å²) >= 11 is 0. The first-order valence-electron chi connectivity index (χ1n) is 13.8. The molecule has 2 heterocycles. The fourth-order valence-electron chi connectivity index (χ4n) is 4.81. The Labute approximate surface area is 236 Å². The second kappa shape index (κ2) is 14.3. The maximum atomic E-state index is 11.4. The Kier molecular flexibility index (Phi) is 11.7. The highest BCUT2D eigenvalue weighted by Gasteiger charge is 2.49. The molecule has 0 aromatic heterocycles. The summed E-state index contributed by atoms with van der Waals surface area (Å²) in [4.78, 5) is 11.4. The quantitative estimate of drug-likeness (QED) is 0.142. The molecule has 12 heteroatoms. The van der Waals surface area contributed by atoms with Crippen molar-refractivity contribution in [3.63, 3.8) is 0 Å². The molecular weight excluding hydrogens is 520 g/mol. The molecule has 2 saturated heterocycles. The number of hydrogen-bond donors (Lipinski definition) is 8. The zero-order chi connectivity index (χ0) is 29.6. The minimum Gasteiger partial charge on any atom is -0.494 e. The molecule has 0 spiro atoms. The van der Waals surface area contributed by atoms with Gasteiger partial charge in [-0.3, -0.25) is 10.2 Å². The van der Waals surface area contributed by atoms with E-state index in [1.54, 1.807) is 0 Å². The van der Waals surface area contributed by atoms with Crippen LogP contribution in [0.25, 0.3) is 0 Å². The highest BCUT2D eigenvalue weighted by atomic mass is 16.7. The lowest BCUT2D eigenvalue weighted by atomic mass is 9.85. The van der Waals surface area contributed by atoms with Gasteiger partial charge in [-0.15, -0.1) is 0 Å². The number of nitrogens with one attached hydrogen (secondary N) is 3. The molecule has 1 amide bonds. The van der Waals surface area contributed by atoms with Crippen molar-refractivity contribution in [2.45, 2.75) is 78.0 Å². The standard InChI is InChI=1S/C28H46N4O8/c1-15(2)21-19(25(32-31-21)40-26-24(36)23(35)22(34)20(13-33)39-26)12-17-7-8-18(11-16(17)3)38-10-6-9-30-14-28(4,5)27(29)37/h7-8,11,15,19-22,24-25,30-36H,6,9-10,12-14H2,1-5H3,(H2,29,37)/t19?,20-,21?,22-,24-,25?/m1/s1. The smallest absolute Gasteiger partial charge is 0.258 e. The summed E-state index contributed by atoms with van der Waals surface area (Å²) in [5, 5.41) is 43.2. The molecule has 12 nitrogen and oxygen atoms in total. The molecule has 2 fully saturated rings. The molecule has 6 atom stereocenters. The predicted molar refractivity (Wildman–Crippen MR) is 146 cm³/mol. The first kappa shape index (κ1) is 32.6. The summed E-state index contributed by atoms with van der Waals surface area (Å²) in [5.41, 5.74) is 13.4. The van der Waals surface area contributed by atoms with Gasteiger partial charge in [0, 0.05) is 18.5 Å². The van der Waals surface area contributed by atoms with Gasteiger partial charge in [0.15, 0.2) is 6.10 Å². The lowest BCUT2D eigenvalue weighted by Crippen LogP contribution is -2.53. The van der Waals surface area contributed by atoms with E-state index in [-0.39, 0.29) is 30.1 Å². The minimum atomic E-state index is -1.64. The van der Waals surface area contributed by atoms with Gasteiger partial charge in [-0.2, -0.15) is 0 Å². The van der Waals surface area contributed by atoms with Crippen molar-refractivity contribution in [3.8, 4) is 5.75 Å². The molecule has 0 bridgehead atoms. The van der Waals surface area contributed by atoms with Crippen molar-refractivity contribution in [1.29, 1.82) is 0 Å². The van der Waals surface area contributed by atoms with E-state index in [4.69, 9.17) is 19.9 Å². The van der Waals surface area contributed by atoms with Crippen LogP contribution in [0.4, 0.5) is 0 Å². The lowest BCUT2D eigenvalue weighted by molar-refractivity contribution is -0.228. The van der Waals surface area contributed by atoms with Crippen molar-refractivity contribution in [2.75, 3.05) is 26.3 Å². The maximum Gasteiger partial charge on any atom is 0.258 e. The number of amides is 1. The Morgan fingerprint density at radius 3 is 2.60 bits per heavy atom. The largest absolute Gasteiger partial charge is 0.494 e. The van der Waals surface area contributed by atoms with Gasteiger partial charge >= 0.3 is 0 Å². The minimum absolute atomic E-state index is 0.0329. The van der Waals surface area contributed by atoms with Crippen LogP contribution in [0.5, 0.6) is 5.75 Å². The van der Waals surface area contributed by atoms with Crippen molar-refractivity contribution in [3.05, 3.63) is 41.7 Å². The van der Waals surface area contributed by atoms with Gasteiger partial charge in [0.2, 0.25) is 5.91 Å². The van der Waals surface area contributed by atoms with E-state index in [9.17, 15) is 25.2 Å². The van der Waals surface area contributed by atoms with Crippen LogP contribution in [-0.4, -0.2) is 83.2 Å². The monoisotopic (exact) mass is 566 g/mol. The summed E-state index contributed by atoms with van der Waals surface area (Å²) in [6, 6.07) is 6.00. The van der Waals surface area contributed by atoms with Crippen LogP contribution in [0, 0.1) is 36.6 Å². The number of primary amides is 1. The number of aryl methyl sites for hydroxylation is 1. The second-order valence-electron chi connectivity index (χ2n) is 11.6. The van der Waals surface area contributed by atoms with Crippen LogP contribution in [0.2, 0.25) is 0 Å². The first-order valence-corrected chi connectivity index (χ1v) is 13.8. The van der Waals surface area contributed by atoms with Crippen molar-refractivity contribution in [2.24, 2.45) is 23.0 Å². The van der Waals surface area contributed by atoms with Gasteiger partial charge < -0.3 is 45.7 Å². The van der Waals surface area contributed by atoms with Gasteiger partial charge in [-0.1, -0.05) is 19.9 Å².